The molecule has 0 heterocycles. The predicted molar refractivity (Wildman–Crippen MR) is 89.7 cm³/mol. The summed E-state index contributed by atoms with van der Waals surface area (Å²) in [6.45, 7) is 11.7. The summed E-state index contributed by atoms with van der Waals surface area (Å²) in [5, 5.41) is 3.63. The summed E-state index contributed by atoms with van der Waals surface area (Å²) in [5.41, 5.74) is 2.91. The highest BCUT2D eigenvalue weighted by molar-refractivity contribution is 5.21. The van der Waals surface area contributed by atoms with Gasteiger partial charge in [-0.1, -0.05) is 29.8 Å². The molecule has 0 aliphatic heterocycles. The lowest BCUT2D eigenvalue weighted by atomic mass is 9.98. The normalized spacial score (nSPS) is 17.0. The highest BCUT2D eigenvalue weighted by Gasteiger charge is 2.22. The smallest absolute Gasteiger partial charge is 0.0509 e. The lowest BCUT2D eigenvalue weighted by molar-refractivity contribution is 0.0885. The van der Waals surface area contributed by atoms with E-state index in [1.54, 1.807) is 0 Å². The Morgan fingerprint density at radius 1 is 1.19 bits per heavy atom. The van der Waals surface area contributed by atoms with Crippen molar-refractivity contribution in [1.29, 1.82) is 0 Å². The Bertz CT molecular complexity index is 414. The van der Waals surface area contributed by atoms with Crippen molar-refractivity contribution in [2.24, 2.45) is 11.8 Å². The standard InChI is InChI=1S/C19H31NO/c1-15-5-7-16(8-6-15)11-18(12-20-19(2,3)4)14-21-13-17-9-10-17/h5-8,17-18,20H,9-14H2,1-4H3. The van der Waals surface area contributed by atoms with Crippen LogP contribution in [0.5, 0.6) is 0 Å². The molecule has 1 N–H and O–H groups in total. The van der Waals surface area contributed by atoms with Gasteiger partial charge in [0.1, 0.15) is 0 Å². The summed E-state index contributed by atoms with van der Waals surface area (Å²) in [5.74, 6) is 1.39. The topological polar surface area (TPSA) is 21.3 Å². The molecule has 0 radical (unpaired) electrons. The molecule has 1 aliphatic rings. The average Bonchev–Trinajstić information content (AvgIpc) is 3.21. The molecule has 0 bridgehead atoms. The van der Waals surface area contributed by atoms with Crippen molar-refractivity contribution >= 4 is 0 Å². The molecular weight excluding hydrogens is 258 g/mol. The van der Waals surface area contributed by atoms with Gasteiger partial charge in [0.2, 0.25) is 0 Å². The third-order valence-electron chi connectivity index (χ3n) is 3.97. The average molecular weight is 289 g/mol. The van der Waals surface area contributed by atoms with Gasteiger partial charge in [-0.3, -0.25) is 0 Å². The van der Waals surface area contributed by atoms with Gasteiger partial charge in [0.15, 0.2) is 0 Å². The van der Waals surface area contributed by atoms with Crippen molar-refractivity contribution in [2.45, 2.75) is 52.5 Å². The van der Waals surface area contributed by atoms with E-state index in [1.165, 1.54) is 24.0 Å². The van der Waals surface area contributed by atoms with Crippen LogP contribution in [0.4, 0.5) is 0 Å². The molecule has 21 heavy (non-hydrogen) atoms. The molecule has 2 rings (SSSR count). The Kier molecular flexibility index (Phi) is 5.83. The van der Waals surface area contributed by atoms with Gasteiger partial charge in [0.25, 0.3) is 0 Å². The third kappa shape index (κ3) is 7.10. The molecule has 0 spiro atoms. The van der Waals surface area contributed by atoms with Crippen LogP contribution in [0.25, 0.3) is 0 Å². The van der Waals surface area contributed by atoms with Crippen LogP contribution in [0.2, 0.25) is 0 Å². The summed E-state index contributed by atoms with van der Waals surface area (Å²) < 4.78 is 5.94. The van der Waals surface area contributed by atoms with E-state index in [4.69, 9.17) is 4.74 Å². The van der Waals surface area contributed by atoms with Crippen LogP contribution < -0.4 is 5.32 Å². The second-order valence-corrected chi connectivity index (χ2v) is 7.67. The second-order valence-electron chi connectivity index (χ2n) is 7.67. The first-order valence-corrected chi connectivity index (χ1v) is 8.31. The van der Waals surface area contributed by atoms with Gasteiger partial charge in [0.05, 0.1) is 6.61 Å². The van der Waals surface area contributed by atoms with E-state index in [0.29, 0.717) is 5.92 Å². The second kappa shape index (κ2) is 7.42. The Morgan fingerprint density at radius 3 is 2.43 bits per heavy atom. The minimum Gasteiger partial charge on any atom is -0.381 e. The Labute approximate surface area is 130 Å². The molecule has 1 saturated carbocycles. The highest BCUT2D eigenvalue weighted by atomic mass is 16.5. The van der Waals surface area contributed by atoms with Crippen LogP contribution in [0.15, 0.2) is 24.3 Å². The Morgan fingerprint density at radius 2 is 1.86 bits per heavy atom. The summed E-state index contributed by atoms with van der Waals surface area (Å²) in [6, 6.07) is 8.91. The van der Waals surface area contributed by atoms with E-state index in [2.05, 4.69) is 57.3 Å². The van der Waals surface area contributed by atoms with Gasteiger partial charge in [-0.15, -0.1) is 0 Å². The summed E-state index contributed by atoms with van der Waals surface area (Å²) in [6.07, 6.45) is 3.82. The predicted octanol–water partition coefficient (Wildman–Crippen LogP) is 3.97. The Hall–Kier alpha value is -0.860. The maximum Gasteiger partial charge on any atom is 0.0509 e. The van der Waals surface area contributed by atoms with Crippen LogP contribution in [0, 0.1) is 18.8 Å². The first-order valence-electron chi connectivity index (χ1n) is 8.31. The first kappa shape index (κ1) is 16.5. The molecule has 2 nitrogen and oxygen atoms in total. The molecule has 1 unspecified atom stereocenters. The highest BCUT2D eigenvalue weighted by Crippen LogP contribution is 2.29. The first-order chi connectivity index (χ1) is 9.92. The molecule has 2 heteroatoms. The number of hydrogen-bond donors (Lipinski definition) is 1. The van der Waals surface area contributed by atoms with E-state index in [9.17, 15) is 0 Å². The fourth-order valence-electron chi connectivity index (χ4n) is 2.38. The fraction of sp³-hybridized carbons (Fsp3) is 0.684. The van der Waals surface area contributed by atoms with Gasteiger partial charge >= 0.3 is 0 Å². The van der Waals surface area contributed by atoms with Crippen molar-refractivity contribution in [3.05, 3.63) is 35.4 Å². The largest absolute Gasteiger partial charge is 0.381 e. The fourth-order valence-corrected chi connectivity index (χ4v) is 2.38. The minimum absolute atomic E-state index is 0.169. The van der Waals surface area contributed by atoms with E-state index in [-0.39, 0.29) is 5.54 Å². The zero-order chi connectivity index (χ0) is 15.3. The molecule has 1 atom stereocenters. The number of ether oxygens (including phenoxy) is 1. The molecule has 118 valence electrons. The zero-order valence-electron chi connectivity index (χ0n) is 14.1. The summed E-state index contributed by atoms with van der Waals surface area (Å²) >= 11 is 0. The summed E-state index contributed by atoms with van der Waals surface area (Å²) in [7, 11) is 0. The maximum atomic E-state index is 5.94. The van der Waals surface area contributed by atoms with Crippen molar-refractivity contribution in [1.82, 2.24) is 5.32 Å². The number of aryl methyl sites for hydroxylation is 1. The zero-order valence-corrected chi connectivity index (χ0v) is 14.1. The molecule has 0 aromatic heterocycles. The molecule has 0 saturated heterocycles. The van der Waals surface area contributed by atoms with Gasteiger partial charge < -0.3 is 10.1 Å². The van der Waals surface area contributed by atoms with Crippen molar-refractivity contribution in [3.63, 3.8) is 0 Å². The van der Waals surface area contributed by atoms with Gasteiger partial charge in [-0.2, -0.15) is 0 Å². The number of rotatable bonds is 8. The van der Waals surface area contributed by atoms with Gasteiger partial charge in [0, 0.05) is 18.7 Å². The number of benzene rings is 1. The van der Waals surface area contributed by atoms with E-state index in [1.807, 2.05) is 0 Å². The van der Waals surface area contributed by atoms with Gasteiger partial charge in [-0.25, -0.2) is 0 Å². The van der Waals surface area contributed by atoms with Crippen LogP contribution in [0.1, 0.15) is 44.7 Å². The van der Waals surface area contributed by atoms with Crippen LogP contribution in [0.3, 0.4) is 0 Å². The van der Waals surface area contributed by atoms with Crippen LogP contribution in [-0.2, 0) is 11.2 Å². The Balaban J connectivity index is 1.84. The monoisotopic (exact) mass is 289 g/mol. The molecule has 1 aromatic carbocycles. The molecular formula is C19H31NO. The van der Waals surface area contributed by atoms with Gasteiger partial charge in [-0.05, 0) is 64.4 Å². The molecule has 0 amide bonds. The number of nitrogens with one attached hydrogen (secondary N) is 1. The van der Waals surface area contributed by atoms with Crippen molar-refractivity contribution < 1.29 is 4.74 Å². The van der Waals surface area contributed by atoms with E-state index < -0.39 is 0 Å². The van der Waals surface area contributed by atoms with Crippen molar-refractivity contribution in [3.8, 4) is 0 Å². The number of hydrogen-bond acceptors (Lipinski definition) is 2. The quantitative estimate of drug-likeness (QED) is 0.782. The SMILES string of the molecule is Cc1ccc(CC(CNC(C)(C)C)COCC2CC2)cc1. The molecule has 1 aliphatic carbocycles. The third-order valence-corrected chi connectivity index (χ3v) is 3.97. The minimum atomic E-state index is 0.169. The summed E-state index contributed by atoms with van der Waals surface area (Å²) in [4.78, 5) is 0. The molecule has 1 aromatic rings. The molecule has 1 fully saturated rings. The maximum absolute atomic E-state index is 5.94. The van der Waals surface area contributed by atoms with Crippen LogP contribution >= 0.6 is 0 Å². The van der Waals surface area contributed by atoms with Crippen LogP contribution in [-0.4, -0.2) is 25.3 Å². The lowest BCUT2D eigenvalue weighted by Crippen LogP contribution is -2.40. The van der Waals surface area contributed by atoms with Crippen molar-refractivity contribution in [2.75, 3.05) is 19.8 Å². The van der Waals surface area contributed by atoms with E-state index in [0.717, 1.165) is 32.1 Å². The van der Waals surface area contributed by atoms with E-state index >= 15 is 0 Å². The lowest BCUT2D eigenvalue weighted by Gasteiger charge is -2.25.